The van der Waals surface area contributed by atoms with Crippen LogP contribution in [-0.2, 0) is 6.42 Å². The summed E-state index contributed by atoms with van der Waals surface area (Å²) < 4.78 is 0. The molecule has 0 aromatic heterocycles. The summed E-state index contributed by atoms with van der Waals surface area (Å²) in [4.78, 5) is 11.8. The van der Waals surface area contributed by atoms with Crippen LogP contribution in [0.15, 0.2) is 23.1 Å². The maximum Gasteiger partial charge on any atom is 0.335 e. The van der Waals surface area contributed by atoms with Gasteiger partial charge < -0.3 is 5.11 Å². The van der Waals surface area contributed by atoms with E-state index in [0.29, 0.717) is 5.56 Å². The van der Waals surface area contributed by atoms with E-state index in [0.717, 1.165) is 17.1 Å². The maximum atomic E-state index is 10.7. The number of carbonyl (C=O) groups is 1. The first-order valence-corrected chi connectivity index (χ1v) is 5.66. The lowest BCUT2D eigenvalue weighted by Crippen LogP contribution is -1.97. The van der Waals surface area contributed by atoms with Gasteiger partial charge in [0.1, 0.15) is 0 Å². The van der Waals surface area contributed by atoms with Gasteiger partial charge >= 0.3 is 5.97 Å². The molecule has 14 heavy (non-hydrogen) atoms. The standard InChI is InChI=1S/C11H14O2S/c1-3-8-5-6-9(11(12)13)7-10(8)14-4-2/h5-7H,3-4H2,1-2H3,(H,12,13). The van der Waals surface area contributed by atoms with Crippen LogP contribution in [-0.4, -0.2) is 16.8 Å². The molecule has 0 radical (unpaired) electrons. The second-order valence-electron chi connectivity index (χ2n) is 2.91. The van der Waals surface area contributed by atoms with Gasteiger partial charge in [-0.15, -0.1) is 11.8 Å². The van der Waals surface area contributed by atoms with Crippen molar-refractivity contribution in [3.05, 3.63) is 29.3 Å². The third-order valence-corrected chi connectivity index (χ3v) is 2.97. The molecule has 1 aromatic rings. The second-order valence-corrected chi connectivity index (χ2v) is 4.22. The van der Waals surface area contributed by atoms with E-state index in [4.69, 9.17) is 5.11 Å². The molecule has 0 amide bonds. The Morgan fingerprint density at radius 3 is 2.64 bits per heavy atom. The zero-order chi connectivity index (χ0) is 10.6. The summed E-state index contributed by atoms with van der Waals surface area (Å²) in [7, 11) is 0. The van der Waals surface area contributed by atoms with Crippen molar-refractivity contribution >= 4 is 17.7 Å². The normalized spacial score (nSPS) is 10.1. The Labute approximate surface area is 88.3 Å². The molecule has 0 atom stereocenters. The Morgan fingerprint density at radius 1 is 1.43 bits per heavy atom. The lowest BCUT2D eigenvalue weighted by molar-refractivity contribution is 0.0696. The van der Waals surface area contributed by atoms with Crippen molar-refractivity contribution in [2.24, 2.45) is 0 Å². The van der Waals surface area contributed by atoms with Gasteiger partial charge in [-0.3, -0.25) is 0 Å². The smallest absolute Gasteiger partial charge is 0.335 e. The molecule has 1 rings (SSSR count). The minimum Gasteiger partial charge on any atom is -0.478 e. The van der Waals surface area contributed by atoms with Gasteiger partial charge in [0.05, 0.1) is 5.56 Å². The molecule has 0 unspecified atom stereocenters. The van der Waals surface area contributed by atoms with Crippen LogP contribution in [0.5, 0.6) is 0 Å². The van der Waals surface area contributed by atoms with Gasteiger partial charge in [-0.05, 0) is 29.9 Å². The Morgan fingerprint density at radius 2 is 2.14 bits per heavy atom. The number of carboxylic acids is 1. The number of benzene rings is 1. The summed E-state index contributed by atoms with van der Waals surface area (Å²) in [5, 5.41) is 8.83. The number of rotatable bonds is 4. The molecule has 76 valence electrons. The van der Waals surface area contributed by atoms with Crippen LogP contribution in [0.3, 0.4) is 0 Å². The molecule has 0 aliphatic carbocycles. The lowest BCUT2D eigenvalue weighted by Gasteiger charge is -2.06. The van der Waals surface area contributed by atoms with E-state index in [-0.39, 0.29) is 0 Å². The largest absolute Gasteiger partial charge is 0.478 e. The van der Waals surface area contributed by atoms with Crippen LogP contribution >= 0.6 is 11.8 Å². The molecule has 0 saturated heterocycles. The number of aryl methyl sites for hydroxylation is 1. The number of carboxylic acid groups (broad SMARTS) is 1. The van der Waals surface area contributed by atoms with E-state index < -0.39 is 5.97 Å². The minimum absolute atomic E-state index is 0.373. The molecule has 0 bridgehead atoms. The first-order valence-electron chi connectivity index (χ1n) is 4.68. The van der Waals surface area contributed by atoms with Crippen molar-refractivity contribution in [1.29, 1.82) is 0 Å². The molecule has 1 aromatic carbocycles. The van der Waals surface area contributed by atoms with Gasteiger partial charge in [0.15, 0.2) is 0 Å². The summed E-state index contributed by atoms with van der Waals surface area (Å²) in [5.41, 5.74) is 1.60. The molecule has 3 heteroatoms. The van der Waals surface area contributed by atoms with Crippen LogP contribution < -0.4 is 0 Å². The zero-order valence-corrected chi connectivity index (χ0v) is 9.23. The highest BCUT2D eigenvalue weighted by atomic mass is 32.2. The predicted octanol–water partition coefficient (Wildman–Crippen LogP) is 3.06. The van der Waals surface area contributed by atoms with Crippen LogP contribution in [0.4, 0.5) is 0 Å². The first kappa shape index (κ1) is 11.1. The van der Waals surface area contributed by atoms with Crippen molar-refractivity contribution in [1.82, 2.24) is 0 Å². The summed E-state index contributed by atoms with van der Waals surface area (Å²) in [6.07, 6.45) is 0.947. The molecule has 2 nitrogen and oxygen atoms in total. The highest BCUT2D eigenvalue weighted by molar-refractivity contribution is 7.99. The summed E-state index contributed by atoms with van der Waals surface area (Å²) in [6.45, 7) is 4.15. The fraction of sp³-hybridized carbons (Fsp3) is 0.364. The van der Waals surface area contributed by atoms with Gasteiger partial charge in [-0.2, -0.15) is 0 Å². The Balaban J connectivity index is 3.07. The van der Waals surface area contributed by atoms with Crippen molar-refractivity contribution in [3.8, 4) is 0 Å². The Hall–Kier alpha value is -0.960. The third-order valence-electron chi connectivity index (χ3n) is 1.99. The van der Waals surface area contributed by atoms with Gasteiger partial charge in [0, 0.05) is 4.90 Å². The number of hydrogen-bond donors (Lipinski definition) is 1. The predicted molar refractivity (Wildman–Crippen MR) is 59.2 cm³/mol. The van der Waals surface area contributed by atoms with E-state index in [1.54, 1.807) is 23.9 Å². The lowest BCUT2D eigenvalue weighted by atomic mass is 10.1. The van der Waals surface area contributed by atoms with Crippen molar-refractivity contribution in [2.45, 2.75) is 25.2 Å². The SMILES string of the molecule is CCSc1cc(C(=O)O)ccc1CC. The Bertz CT molecular complexity index is 334. The van der Waals surface area contributed by atoms with Gasteiger partial charge in [0.25, 0.3) is 0 Å². The number of thioether (sulfide) groups is 1. The average molecular weight is 210 g/mol. The molecule has 0 aliphatic heterocycles. The molecule has 1 N–H and O–H groups in total. The highest BCUT2D eigenvalue weighted by Gasteiger charge is 2.06. The van der Waals surface area contributed by atoms with Crippen LogP contribution in [0.1, 0.15) is 29.8 Å². The molecule has 0 fully saturated rings. The summed E-state index contributed by atoms with van der Waals surface area (Å²) >= 11 is 1.69. The molecule has 0 spiro atoms. The minimum atomic E-state index is -0.856. The van der Waals surface area contributed by atoms with Crippen LogP contribution in [0.2, 0.25) is 0 Å². The van der Waals surface area contributed by atoms with Crippen molar-refractivity contribution in [2.75, 3.05) is 5.75 Å². The fourth-order valence-electron chi connectivity index (χ4n) is 1.27. The summed E-state index contributed by atoms with van der Waals surface area (Å²) in [6, 6.07) is 5.33. The quantitative estimate of drug-likeness (QED) is 0.776. The molecular formula is C11H14O2S. The maximum absolute atomic E-state index is 10.7. The van der Waals surface area contributed by atoms with E-state index >= 15 is 0 Å². The summed E-state index contributed by atoms with van der Waals surface area (Å²) in [5.74, 6) is 0.112. The highest BCUT2D eigenvalue weighted by Crippen LogP contribution is 2.24. The number of aromatic carboxylic acids is 1. The zero-order valence-electron chi connectivity index (χ0n) is 8.41. The van der Waals surface area contributed by atoms with Crippen LogP contribution in [0, 0.1) is 0 Å². The second kappa shape index (κ2) is 5.05. The molecule has 0 aliphatic rings. The van der Waals surface area contributed by atoms with E-state index in [1.165, 1.54) is 5.56 Å². The molecular weight excluding hydrogens is 196 g/mol. The average Bonchev–Trinajstić information content (AvgIpc) is 2.18. The van der Waals surface area contributed by atoms with E-state index in [2.05, 4.69) is 13.8 Å². The van der Waals surface area contributed by atoms with E-state index in [9.17, 15) is 4.79 Å². The van der Waals surface area contributed by atoms with E-state index in [1.807, 2.05) is 6.07 Å². The first-order chi connectivity index (χ1) is 6.69. The molecule has 0 saturated carbocycles. The third kappa shape index (κ3) is 2.51. The monoisotopic (exact) mass is 210 g/mol. The van der Waals surface area contributed by atoms with Crippen molar-refractivity contribution in [3.63, 3.8) is 0 Å². The Kier molecular flexibility index (Phi) is 4.01. The fourth-order valence-corrected chi connectivity index (χ4v) is 2.19. The van der Waals surface area contributed by atoms with Gasteiger partial charge in [0.2, 0.25) is 0 Å². The van der Waals surface area contributed by atoms with Crippen molar-refractivity contribution < 1.29 is 9.90 Å². The van der Waals surface area contributed by atoms with Crippen LogP contribution in [0.25, 0.3) is 0 Å². The molecule has 0 heterocycles. The topological polar surface area (TPSA) is 37.3 Å². The number of hydrogen-bond acceptors (Lipinski definition) is 2. The van der Waals surface area contributed by atoms with Gasteiger partial charge in [-0.25, -0.2) is 4.79 Å². The van der Waals surface area contributed by atoms with Gasteiger partial charge in [-0.1, -0.05) is 19.9 Å².